The number of halogens is 1. The number of hydrogen-bond acceptors (Lipinski definition) is 5. The molecule has 0 aliphatic rings. The number of imidazole rings is 1. The van der Waals surface area contributed by atoms with E-state index in [1.807, 2.05) is 22.8 Å². The minimum atomic E-state index is -0.307. The van der Waals surface area contributed by atoms with E-state index in [0.29, 0.717) is 10.2 Å². The molecular weight excluding hydrogens is 320 g/mol. The van der Waals surface area contributed by atoms with E-state index in [2.05, 4.69) is 4.98 Å². The Labute approximate surface area is 137 Å². The summed E-state index contributed by atoms with van der Waals surface area (Å²) in [7, 11) is 0. The van der Waals surface area contributed by atoms with Crippen molar-refractivity contribution in [1.29, 1.82) is 5.26 Å². The molecule has 5 nitrogen and oxygen atoms in total. The molecule has 22 heavy (non-hydrogen) atoms. The van der Waals surface area contributed by atoms with Gasteiger partial charge in [-0.05, 0) is 31.2 Å². The first-order valence-corrected chi connectivity index (χ1v) is 7.71. The summed E-state index contributed by atoms with van der Waals surface area (Å²) in [5.74, 6) is -0.208. The highest BCUT2D eigenvalue weighted by Gasteiger charge is 2.14. The summed E-state index contributed by atoms with van der Waals surface area (Å²) in [6, 6.07) is 9.12. The maximum absolute atomic E-state index is 12.0. The molecule has 0 fully saturated rings. The summed E-state index contributed by atoms with van der Waals surface area (Å²) in [5.41, 5.74) is 6.65. The predicted octanol–water partition coefficient (Wildman–Crippen LogP) is 2.94. The van der Waals surface area contributed by atoms with E-state index < -0.39 is 0 Å². The average molecular weight is 333 g/mol. The van der Waals surface area contributed by atoms with Crippen LogP contribution in [-0.4, -0.2) is 21.1 Å². The van der Waals surface area contributed by atoms with Crippen molar-refractivity contribution in [2.45, 2.75) is 12.1 Å². The number of carbonyl (C=O) groups is 1. The SMILES string of the molecule is C/C(N)=C(/C#N)C(=O)CSc1nccn1-c1ccc(Cl)cc1. The zero-order valence-electron chi connectivity index (χ0n) is 11.8. The number of thioether (sulfide) groups is 1. The number of allylic oxidation sites excluding steroid dienone is 2. The Morgan fingerprint density at radius 3 is 2.73 bits per heavy atom. The lowest BCUT2D eigenvalue weighted by atomic mass is 10.2. The van der Waals surface area contributed by atoms with Gasteiger partial charge in [0.15, 0.2) is 10.9 Å². The second kappa shape index (κ2) is 7.16. The van der Waals surface area contributed by atoms with E-state index in [4.69, 9.17) is 22.6 Å². The van der Waals surface area contributed by atoms with Gasteiger partial charge in [0.25, 0.3) is 0 Å². The second-order valence-corrected chi connectivity index (χ2v) is 5.82. The first kappa shape index (κ1) is 16.1. The van der Waals surface area contributed by atoms with Crippen molar-refractivity contribution in [3.63, 3.8) is 0 Å². The number of rotatable bonds is 5. The molecule has 0 aliphatic carbocycles. The Morgan fingerprint density at radius 1 is 1.45 bits per heavy atom. The van der Waals surface area contributed by atoms with Crippen molar-refractivity contribution in [2.24, 2.45) is 5.73 Å². The standard InChI is InChI=1S/C15H13ClN4OS/c1-10(18)13(8-17)14(21)9-22-15-19-6-7-20(15)12-4-2-11(16)3-5-12/h2-7H,9,18H2,1H3/b13-10+. The Kier molecular flexibility index (Phi) is 5.26. The molecule has 0 radical (unpaired) electrons. The Hall–Kier alpha value is -2.23. The zero-order chi connectivity index (χ0) is 16.1. The number of nitriles is 1. The van der Waals surface area contributed by atoms with Gasteiger partial charge in [-0.25, -0.2) is 4.98 Å². The number of hydrogen-bond donors (Lipinski definition) is 1. The van der Waals surface area contributed by atoms with Crippen molar-refractivity contribution in [3.05, 3.63) is 53.0 Å². The average Bonchev–Trinajstić information content (AvgIpc) is 2.94. The van der Waals surface area contributed by atoms with Crippen molar-refractivity contribution in [2.75, 3.05) is 5.75 Å². The summed E-state index contributed by atoms with van der Waals surface area (Å²) in [6.07, 6.45) is 3.45. The van der Waals surface area contributed by atoms with Gasteiger partial charge in [0.1, 0.15) is 11.6 Å². The molecule has 1 aromatic heterocycles. The number of nitrogens with zero attached hydrogens (tertiary/aromatic N) is 3. The monoisotopic (exact) mass is 332 g/mol. The molecular formula is C15H13ClN4OS. The van der Waals surface area contributed by atoms with Crippen molar-refractivity contribution in [1.82, 2.24) is 9.55 Å². The first-order chi connectivity index (χ1) is 10.5. The van der Waals surface area contributed by atoms with Crippen LogP contribution in [-0.2, 0) is 4.79 Å². The highest BCUT2D eigenvalue weighted by Crippen LogP contribution is 2.22. The van der Waals surface area contributed by atoms with Gasteiger partial charge in [0.2, 0.25) is 0 Å². The quantitative estimate of drug-likeness (QED) is 0.517. The number of Topliss-reactive ketones (excluding diaryl/α,β-unsaturated/α-hetero) is 1. The van der Waals surface area contributed by atoms with Crippen LogP contribution in [0.5, 0.6) is 0 Å². The number of aromatic nitrogens is 2. The highest BCUT2D eigenvalue weighted by molar-refractivity contribution is 7.99. The van der Waals surface area contributed by atoms with Gasteiger partial charge in [0, 0.05) is 28.8 Å². The lowest BCUT2D eigenvalue weighted by Crippen LogP contribution is -2.10. The number of carbonyl (C=O) groups excluding carboxylic acids is 1. The molecule has 0 bridgehead atoms. The van der Waals surface area contributed by atoms with Gasteiger partial charge >= 0.3 is 0 Å². The molecule has 2 aromatic rings. The minimum Gasteiger partial charge on any atom is -0.401 e. The normalized spacial score (nSPS) is 11.7. The Balaban J connectivity index is 2.15. The van der Waals surface area contributed by atoms with E-state index >= 15 is 0 Å². The molecule has 0 atom stereocenters. The number of nitrogens with two attached hydrogens (primary N) is 1. The summed E-state index contributed by atoms with van der Waals surface area (Å²) in [4.78, 5) is 16.2. The van der Waals surface area contributed by atoms with Crippen LogP contribution in [0, 0.1) is 11.3 Å². The van der Waals surface area contributed by atoms with Crippen LogP contribution in [0.4, 0.5) is 0 Å². The fourth-order valence-electron chi connectivity index (χ4n) is 1.77. The van der Waals surface area contributed by atoms with E-state index in [1.54, 1.807) is 24.5 Å². The summed E-state index contributed by atoms with van der Waals surface area (Å²) >= 11 is 7.12. The van der Waals surface area contributed by atoms with Crippen LogP contribution >= 0.6 is 23.4 Å². The van der Waals surface area contributed by atoms with Crippen LogP contribution in [0.25, 0.3) is 5.69 Å². The molecule has 2 rings (SSSR count). The van der Waals surface area contributed by atoms with E-state index in [1.165, 1.54) is 18.7 Å². The maximum Gasteiger partial charge on any atom is 0.185 e. The fourth-order valence-corrected chi connectivity index (χ4v) is 2.74. The molecule has 0 amide bonds. The smallest absolute Gasteiger partial charge is 0.185 e. The molecule has 2 N–H and O–H groups in total. The van der Waals surface area contributed by atoms with Crippen LogP contribution in [0.3, 0.4) is 0 Å². The van der Waals surface area contributed by atoms with Gasteiger partial charge in [-0.3, -0.25) is 9.36 Å². The molecule has 0 saturated carbocycles. The first-order valence-electron chi connectivity index (χ1n) is 6.34. The minimum absolute atomic E-state index is 0.00269. The van der Waals surface area contributed by atoms with Gasteiger partial charge in [-0.15, -0.1) is 0 Å². The van der Waals surface area contributed by atoms with Crippen LogP contribution in [0.15, 0.2) is 53.1 Å². The molecule has 0 aliphatic heterocycles. The van der Waals surface area contributed by atoms with E-state index in [-0.39, 0.29) is 22.8 Å². The van der Waals surface area contributed by atoms with Crippen LogP contribution in [0.1, 0.15) is 6.92 Å². The van der Waals surface area contributed by atoms with E-state index in [9.17, 15) is 4.79 Å². The molecule has 7 heteroatoms. The van der Waals surface area contributed by atoms with Gasteiger partial charge in [0.05, 0.1) is 5.75 Å². The Morgan fingerprint density at radius 2 is 2.14 bits per heavy atom. The molecule has 1 heterocycles. The van der Waals surface area contributed by atoms with Crippen LogP contribution in [0.2, 0.25) is 5.02 Å². The second-order valence-electron chi connectivity index (χ2n) is 4.44. The summed E-state index contributed by atoms with van der Waals surface area (Å²) < 4.78 is 1.85. The van der Waals surface area contributed by atoms with Crippen molar-refractivity contribution >= 4 is 29.1 Å². The zero-order valence-corrected chi connectivity index (χ0v) is 13.4. The lowest BCUT2D eigenvalue weighted by Gasteiger charge is -2.07. The highest BCUT2D eigenvalue weighted by atomic mass is 35.5. The maximum atomic E-state index is 12.0. The van der Waals surface area contributed by atoms with Gasteiger partial charge in [-0.2, -0.15) is 5.26 Å². The largest absolute Gasteiger partial charge is 0.401 e. The fraction of sp³-hybridized carbons (Fsp3) is 0.133. The molecule has 1 aromatic carbocycles. The summed E-state index contributed by atoms with van der Waals surface area (Å²) in [5, 5.41) is 10.2. The van der Waals surface area contributed by atoms with E-state index in [0.717, 1.165) is 5.69 Å². The third kappa shape index (κ3) is 3.70. The topological polar surface area (TPSA) is 84.7 Å². The third-order valence-corrected chi connectivity index (χ3v) is 4.05. The van der Waals surface area contributed by atoms with Gasteiger partial charge in [-0.1, -0.05) is 23.4 Å². The number of ketones is 1. The summed E-state index contributed by atoms with van der Waals surface area (Å²) in [6.45, 7) is 1.54. The molecule has 0 saturated heterocycles. The van der Waals surface area contributed by atoms with Crippen LogP contribution < -0.4 is 5.73 Å². The van der Waals surface area contributed by atoms with Crippen molar-refractivity contribution in [3.8, 4) is 11.8 Å². The predicted molar refractivity (Wildman–Crippen MR) is 86.8 cm³/mol. The molecule has 0 spiro atoms. The van der Waals surface area contributed by atoms with Crippen molar-refractivity contribution < 1.29 is 4.79 Å². The molecule has 112 valence electrons. The lowest BCUT2D eigenvalue weighted by molar-refractivity contribution is -0.112. The molecule has 0 unspecified atom stereocenters. The number of benzene rings is 1. The van der Waals surface area contributed by atoms with Gasteiger partial charge < -0.3 is 5.73 Å². The Bertz CT molecular complexity index is 755. The third-order valence-electron chi connectivity index (χ3n) is 2.83.